The number of nitro benzene ring substituents is 1. The van der Waals surface area contributed by atoms with Crippen LogP contribution in [-0.2, 0) is 4.79 Å². The lowest BCUT2D eigenvalue weighted by Crippen LogP contribution is -2.19. The summed E-state index contributed by atoms with van der Waals surface area (Å²) in [6, 6.07) is 9.39. The van der Waals surface area contributed by atoms with Gasteiger partial charge >= 0.3 is 0 Å². The summed E-state index contributed by atoms with van der Waals surface area (Å²) < 4.78 is 10.6. The monoisotopic (exact) mass is 429 g/mol. The van der Waals surface area contributed by atoms with Crippen LogP contribution < -0.4 is 14.8 Å². The number of hydrogen-bond acceptors (Lipinski definition) is 8. The number of benzene rings is 2. The number of ether oxygens (including phenoxy) is 2. The van der Waals surface area contributed by atoms with Gasteiger partial charge in [0, 0.05) is 11.6 Å². The molecule has 2 N–H and O–H groups in total. The fourth-order valence-electron chi connectivity index (χ4n) is 2.62. The lowest BCUT2D eigenvalue weighted by atomic mass is 10.1. The fraction of sp³-hybridized carbons (Fsp3) is 0.200. The maximum Gasteiger partial charge on any atom is 0.274 e. The summed E-state index contributed by atoms with van der Waals surface area (Å²) >= 11 is 1.06. The number of amides is 1. The van der Waals surface area contributed by atoms with Crippen LogP contribution in [0, 0.1) is 10.1 Å². The number of thioether (sulfide) groups is 1. The molecule has 0 aliphatic carbocycles. The zero-order valence-corrected chi connectivity index (χ0v) is 17.1. The van der Waals surface area contributed by atoms with Crippen molar-refractivity contribution in [2.75, 3.05) is 13.2 Å². The van der Waals surface area contributed by atoms with Crippen molar-refractivity contribution in [2.24, 2.45) is 4.99 Å². The molecule has 10 heteroatoms. The van der Waals surface area contributed by atoms with E-state index in [1.54, 1.807) is 31.2 Å². The minimum absolute atomic E-state index is 0.0229. The molecule has 1 aliphatic heterocycles. The van der Waals surface area contributed by atoms with Crippen LogP contribution in [0.15, 0.2) is 46.3 Å². The number of rotatable bonds is 7. The summed E-state index contributed by atoms with van der Waals surface area (Å²) in [4.78, 5) is 27.5. The highest BCUT2D eigenvalue weighted by Crippen LogP contribution is 2.38. The van der Waals surface area contributed by atoms with Crippen molar-refractivity contribution in [3.05, 3.63) is 57.0 Å². The standard InChI is InChI=1S/C20H19N3O6S/c1-3-28-15-7-5-13(6-8-15)21-20-22-19(25)17(30-20)10-12-9-14(23(26)27)11-16(18(12)24)29-4-2/h5-11,24H,3-4H2,1-2H3,(H,21,22,25)/b17-10+. The van der Waals surface area contributed by atoms with Crippen LogP contribution >= 0.6 is 11.8 Å². The minimum atomic E-state index is -0.593. The summed E-state index contributed by atoms with van der Waals surface area (Å²) in [6.45, 7) is 4.37. The topological polar surface area (TPSA) is 123 Å². The Balaban J connectivity index is 1.88. The van der Waals surface area contributed by atoms with Gasteiger partial charge in [-0.2, -0.15) is 0 Å². The van der Waals surface area contributed by atoms with Crippen LogP contribution in [-0.4, -0.2) is 34.3 Å². The van der Waals surface area contributed by atoms with E-state index in [1.807, 2.05) is 6.92 Å². The molecule has 2 aromatic carbocycles. The van der Waals surface area contributed by atoms with Crippen molar-refractivity contribution >= 4 is 40.3 Å². The normalized spacial score (nSPS) is 16.0. The average molecular weight is 429 g/mol. The number of nitrogens with zero attached hydrogens (tertiary/aromatic N) is 2. The molecule has 1 fully saturated rings. The largest absolute Gasteiger partial charge is 0.504 e. The van der Waals surface area contributed by atoms with E-state index in [0.29, 0.717) is 17.5 Å². The number of aromatic hydroxyl groups is 1. The molecule has 0 spiro atoms. The first-order chi connectivity index (χ1) is 14.4. The summed E-state index contributed by atoms with van der Waals surface area (Å²) in [6.07, 6.45) is 1.37. The molecule has 1 heterocycles. The Morgan fingerprint density at radius 1 is 1.20 bits per heavy atom. The van der Waals surface area contributed by atoms with Crippen molar-refractivity contribution in [1.82, 2.24) is 5.32 Å². The number of non-ortho nitro benzene ring substituents is 1. The van der Waals surface area contributed by atoms with Crippen molar-refractivity contribution < 1.29 is 24.3 Å². The maximum atomic E-state index is 12.3. The molecule has 2 aromatic rings. The van der Waals surface area contributed by atoms with E-state index in [-0.39, 0.29) is 34.3 Å². The van der Waals surface area contributed by atoms with Crippen LogP contribution in [0.4, 0.5) is 11.4 Å². The number of amidine groups is 1. The van der Waals surface area contributed by atoms with Gasteiger partial charge in [-0.15, -0.1) is 0 Å². The molecule has 1 amide bonds. The smallest absolute Gasteiger partial charge is 0.274 e. The Morgan fingerprint density at radius 2 is 1.90 bits per heavy atom. The summed E-state index contributed by atoms with van der Waals surface area (Å²) in [5.41, 5.74) is 0.474. The molecule has 1 saturated heterocycles. The first-order valence-electron chi connectivity index (χ1n) is 9.08. The summed E-state index contributed by atoms with van der Waals surface area (Å²) in [5, 5.41) is 24.5. The first kappa shape index (κ1) is 21.2. The van der Waals surface area contributed by atoms with Crippen molar-refractivity contribution in [3.8, 4) is 17.2 Å². The SMILES string of the molecule is CCOc1ccc(N=C2NC(=O)/C(=C\c3cc([N+](=O)[O-])cc(OCC)c3O)S2)cc1. The van der Waals surface area contributed by atoms with Crippen LogP contribution in [0.5, 0.6) is 17.2 Å². The molecule has 30 heavy (non-hydrogen) atoms. The van der Waals surface area contributed by atoms with Gasteiger partial charge in [0.2, 0.25) is 0 Å². The molecule has 0 atom stereocenters. The third kappa shape index (κ3) is 4.90. The van der Waals surface area contributed by atoms with E-state index in [9.17, 15) is 20.0 Å². The van der Waals surface area contributed by atoms with E-state index < -0.39 is 10.8 Å². The molecule has 9 nitrogen and oxygen atoms in total. The highest BCUT2D eigenvalue weighted by atomic mass is 32.2. The van der Waals surface area contributed by atoms with Gasteiger partial charge in [-0.3, -0.25) is 14.9 Å². The van der Waals surface area contributed by atoms with Gasteiger partial charge in [0.1, 0.15) is 5.75 Å². The second-order valence-corrected chi connectivity index (χ2v) is 7.01. The van der Waals surface area contributed by atoms with Crippen LogP contribution in [0.3, 0.4) is 0 Å². The number of nitro groups is 1. The van der Waals surface area contributed by atoms with E-state index in [2.05, 4.69) is 10.3 Å². The second-order valence-electron chi connectivity index (χ2n) is 5.98. The summed E-state index contributed by atoms with van der Waals surface area (Å²) in [5.74, 6) is -0.00423. The molecule has 0 unspecified atom stereocenters. The molecular weight excluding hydrogens is 410 g/mol. The Bertz CT molecular complexity index is 1030. The van der Waals surface area contributed by atoms with E-state index in [4.69, 9.17) is 9.47 Å². The number of phenols is 1. The predicted molar refractivity (Wildman–Crippen MR) is 114 cm³/mol. The lowest BCUT2D eigenvalue weighted by Gasteiger charge is -2.08. The highest BCUT2D eigenvalue weighted by Gasteiger charge is 2.25. The zero-order chi connectivity index (χ0) is 21.7. The van der Waals surface area contributed by atoms with Gasteiger partial charge in [-0.25, -0.2) is 4.99 Å². The Morgan fingerprint density at radius 3 is 2.53 bits per heavy atom. The Labute approximate surface area is 176 Å². The van der Waals surface area contributed by atoms with Crippen molar-refractivity contribution in [3.63, 3.8) is 0 Å². The molecular formula is C20H19N3O6S. The predicted octanol–water partition coefficient (Wildman–Crippen LogP) is 3.99. The maximum absolute atomic E-state index is 12.3. The average Bonchev–Trinajstić information content (AvgIpc) is 3.05. The number of hydrogen-bond donors (Lipinski definition) is 2. The van der Waals surface area contributed by atoms with Gasteiger partial charge in [-0.05, 0) is 56.0 Å². The molecule has 0 bridgehead atoms. The van der Waals surface area contributed by atoms with E-state index in [1.165, 1.54) is 12.1 Å². The molecule has 0 aromatic heterocycles. The quantitative estimate of drug-likeness (QED) is 0.387. The second kappa shape index (κ2) is 9.31. The minimum Gasteiger partial charge on any atom is -0.504 e. The molecule has 0 radical (unpaired) electrons. The number of aliphatic imine (C=N–C) groups is 1. The van der Waals surface area contributed by atoms with Crippen LogP contribution in [0.25, 0.3) is 6.08 Å². The number of carbonyl (C=O) groups is 1. The van der Waals surface area contributed by atoms with Crippen LogP contribution in [0.1, 0.15) is 19.4 Å². The number of carbonyl (C=O) groups excluding carboxylic acids is 1. The fourth-order valence-corrected chi connectivity index (χ4v) is 3.45. The summed E-state index contributed by atoms with van der Waals surface area (Å²) in [7, 11) is 0. The van der Waals surface area contributed by atoms with Gasteiger partial charge in [0.05, 0.1) is 34.8 Å². The Kier molecular flexibility index (Phi) is 6.58. The van der Waals surface area contributed by atoms with Gasteiger partial charge in [0.25, 0.3) is 11.6 Å². The third-order valence-electron chi connectivity index (χ3n) is 3.92. The van der Waals surface area contributed by atoms with E-state index in [0.717, 1.165) is 23.6 Å². The van der Waals surface area contributed by atoms with Crippen molar-refractivity contribution in [1.29, 1.82) is 0 Å². The van der Waals surface area contributed by atoms with Gasteiger partial charge in [0.15, 0.2) is 16.7 Å². The van der Waals surface area contributed by atoms with E-state index >= 15 is 0 Å². The first-order valence-corrected chi connectivity index (χ1v) is 9.89. The molecule has 3 rings (SSSR count). The number of nitrogens with one attached hydrogen (secondary N) is 1. The molecule has 1 aliphatic rings. The van der Waals surface area contributed by atoms with Crippen LogP contribution in [0.2, 0.25) is 0 Å². The molecule has 0 saturated carbocycles. The van der Waals surface area contributed by atoms with Crippen molar-refractivity contribution in [2.45, 2.75) is 13.8 Å². The number of phenolic OH excluding ortho intramolecular Hbond substituents is 1. The zero-order valence-electron chi connectivity index (χ0n) is 16.2. The van der Waals surface area contributed by atoms with Gasteiger partial charge in [-0.1, -0.05) is 0 Å². The highest BCUT2D eigenvalue weighted by molar-refractivity contribution is 8.18. The van der Waals surface area contributed by atoms with Gasteiger partial charge < -0.3 is 19.9 Å². The third-order valence-corrected chi connectivity index (χ3v) is 4.83. The lowest BCUT2D eigenvalue weighted by molar-refractivity contribution is -0.385. The Hall–Kier alpha value is -3.53. The molecule has 156 valence electrons.